The van der Waals surface area contributed by atoms with E-state index in [0.29, 0.717) is 6.42 Å². The molecule has 130 valence electrons. The minimum absolute atomic E-state index is 0.255. The smallest absolute Gasteiger partial charge is 0.222 e. The van der Waals surface area contributed by atoms with E-state index in [0.717, 1.165) is 55.6 Å². The number of nitrogens with zero attached hydrogens (tertiary/aromatic N) is 4. The molecule has 1 saturated heterocycles. The summed E-state index contributed by atoms with van der Waals surface area (Å²) in [6.07, 6.45) is 8.10. The number of para-hydroxylation sites is 2. The Morgan fingerprint density at radius 3 is 3.04 bits per heavy atom. The van der Waals surface area contributed by atoms with Crippen LogP contribution in [0.2, 0.25) is 0 Å². The van der Waals surface area contributed by atoms with Gasteiger partial charge in [0.25, 0.3) is 0 Å². The number of amides is 1. The number of nitrogens with one attached hydrogen (secondary N) is 1. The maximum absolute atomic E-state index is 12.6. The molecular formula is C19H23N5O. The van der Waals surface area contributed by atoms with Crippen molar-refractivity contribution in [1.29, 1.82) is 0 Å². The van der Waals surface area contributed by atoms with Gasteiger partial charge in [-0.2, -0.15) is 5.10 Å². The molecule has 1 aliphatic rings. The molecule has 2 aromatic heterocycles. The van der Waals surface area contributed by atoms with Gasteiger partial charge in [0.1, 0.15) is 5.82 Å². The van der Waals surface area contributed by atoms with Crippen molar-refractivity contribution in [3.8, 4) is 0 Å². The number of hydrogen-bond donors (Lipinski definition) is 1. The second-order valence-electron chi connectivity index (χ2n) is 6.67. The van der Waals surface area contributed by atoms with Gasteiger partial charge in [0.15, 0.2) is 0 Å². The molecule has 1 unspecified atom stereocenters. The first-order valence-corrected chi connectivity index (χ1v) is 9.00. The summed E-state index contributed by atoms with van der Waals surface area (Å²) in [5.41, 5.74) is 2.05. The van der Waals surface area contributed by atoms with Crippen LogP contribution in [0, 0.1) is 0 Å². The molecule has 0 spiro atoms. The van der Waals surface area contributed by atoms with Crippen molar-refractivity contribution < 1.29 is 4.79 Å². The lowest BCUT2D eigenvalue weighted by atomic mass is 10.2. The number of likely N-dealkylation sites (tertiary alicyclic amines) is 1. The van der Waals surface area contributed by atoms with Gasteiger partial charge in [-0.25, -0.2) is 4.98 Å². The van der Waals surface area contributed by atoms with Crippen LogP contribution >= 0.6 is 0 Å². The molecular weight excluding hydrogens is 314 g/mol. The quantitative estimate of drug-likeness (QED) is 0.752. The predicted octanol–water partition coefficient (Wildman–Crippen LogP) is 2.77. The first-order chi connectivity index (χ1) is 12.3. The summed E-state index contributed by atoms with van der Waals surface area (Å²) in [5, 5.41) is 4.26. The fourth-order valence-corrected chi connectivity index (χ4v) is 3.65. The Kier molecular flexibility index (Phi) is 4.50. The van der Waals surface area contributed by atoms with Gasteiger partial charge in [-0.3, -0.25) is 9.48 Å². The number of hydrogen-bond acceptors (Lipinski definition) is 3. The van der Waals surface area contributed by atoms with Crippen LogP contribution < -0.4 is 0 Å². The lowest BCUT2D eigenvalue weighted by Crippen LogP contribution is -2.38. The zero-order valence-electron chi connectivity index (χ0n) is 14.3. The molecule has 6 heteroatoms. The van der Waals surface area contributed by atoms with Crippen molar-refractivity contribution in [3.63, 3.8) is 0 Å². The maximum atomic E-state index is 12.6. The fraction of sp³-hybridized carbons (Fsp3) is 0.421. The van der Waals surface area contributed by atoms with Crippen molar-refractivity contribution >= 4 is 16.9 Å². The molecule has 3 aromatic rings. The summed E-state index contributed by atoms with van der Waals surface area (Å²) in [6.45, 7) is 1.66. The molecule has 0 saturated carbocycles. The van der Waals surface area contributed by atoms with E-state index in [1.54, 1.807) is 6.20 Å². The monoisotopic (exact) mass is 337 g/mol. The Morgan fingerprint density at radius 2 is 2.20 bits per heavy atom. The number of fused-ring (bicyclic) bond motifs is 1. The average Bonchev–Trinajstić information content (AvgIpc) is 3.35. The molecule has 0 aliphatic carbocycles. The zero-order valence-corrected chi connectivity index (χ0v) is 14.3. The fourth-order valence-electron chi connectivity index (χ4n) is 3.65. The van der Waals surface area contributed by atoms with Gasteiger partial charge in [0, 0.05) is 31.8 Å². The lowest BCUT2D eigenvalue weighted by molar-refractivity contribution is -0.132. The summed E-state index contributed by atoms with van der Waals surface area (Å²) < 4.78 is 1.92. The summed E-state index contributed by atoms with van der Waals surface area (Å²) in [6, 6.07) is 10.2. The Balaban J connectivity index is 1.30. The Bertz CT molecular complexity index is 806. The van der Waals surface area contributed by atoms with Crippen LogP contribution in [0.1, 0.15) is 31.5 Å². The van der Waals surface area contributed by atoms with Crippen molar-refractivity contribution in [2.24, 2.45) is 0 Å². The van der Waals surface area contributed by atoms with Gasteiger partial charge in [-0.1, -0.05) is 12.1 Å². The normalized spacial score (nSPS) is 17.4. The molecule has 1 fully saturated rings. The predicted molar refractivity (Wildman–Crippen MR) is 96.0 cm³/mol. The van der Waals surface area contributed by atoms with E-state index in [1.165, 1.54) is 0 Å². The zero-order chi connectivity index (χ0) is 17.1. The number of carbonyl (C=O) groups excluding carboxylic acids is 1. The van der Waals surface area contributed by atoms with Crippen LogP contribution in [0.15, 0.2) is 42.7 Å². The molecule has 3 heterocycles. The molecule has 0 bridgehead atoms. The largest absolute Gasteiger partial charge is 0.342 e. The van der Waals surface area contributed by atoms with Crippen LogP contribution in [-0.4, -0.2) is 43.1 Å². The standard InChI is InChI=1S/C19H23N5O/c25-19(24-13-4-6-15(24)14-23-12-5-11-20-23)10-3-9-18-21-16-7-1-2-8-17(16)22-18/h1-2,5,7-8,11-12,15H,3-4,6,9-10,13-14H2,(H,21,22). The average molecular weight is 337 g/mol. The highest BCUT2D eigenvalue weighted by Crippen LogP contribution is 2.20. The number of rotatable bonds is 6. The summed E-state index contributed by atoms with van der Waals surface area (Å²) in [5.74, 6) is 1.22. The van der Waals surface area contributed by atoms with Crippen LogP contribution in [0.3, 0.4) is 0 Å². The third-order valence-electron chi connectivity index (χ3n) is 4.90. The molecule has 1 aromatic carbocycles. The van der Waals surface area contributed by atoms with Gasteiger partial charge in [-0.05, 0) is 37.5 Å². The van der Waals surface area contributed by atoms with E-state index in [9.17, 15) is 4.79 Å². The Morgan fingerprint density at radius 1 is 1.28 bits per heavy atom. The summed E-state index contributed by atoms with van der Waals surface area (Å²) in [4.78, 5) is 22.6. The third kappa shape index (κ3) is 3.57. The number of aromatic amines is 1. The van der Waals surface area contributed by atoms with Gasteiger partial charge in [0.05, 0.1) is 23.6 Å². The molecule has 4 rings (SSSR count). The van der Waals surface area contributed by atoms with Gasteiger partial charge in [-0.15, -0.1) is 0 Å². The first kappa shape index (κ1) is 15.9. The number of imidazole rings is 1. The second kappa shape index (κ2) is 7.09. The van der Waals surface area contributed by atoms with E-state index < -0.39 is 0 Å². The van der Waals surface area contributed by atoms with Crippen LogP contribution in [-0.2, 0) is 17.8 Å². The van der Waals surface area contributed by atoms with Gasteiger partial charge in [0.2, 0.25) is 5.91 Å². The molecule has 1 aliphatic heterocycles. The lowest BCUT2D eigenvalue weighted by Gasteiger charge is -2.24. The number of benzene rings is 1. The maximum Gasteiger partial charge on any atom is 0.222 e. The van der Waals surface area contributed by atoms with Crippen LogP contribution in [0.25, 0.3) is 11.0 Å². The highest BCUT2D eigenvalue weighted by molar-refractivity contribution is 5.77. The molecule has 25 heavy (non-hydrogen) atoms. The second-order valence-corrected chi connectivity index (χ2v) is 6.67. The molecule has 1 amide bonds. The molecule has 0 radical (unpaired) electrons. The SMILES string of the molecule is O=C(CCCc1nc2ccccc2[nH]1)N1CCCC1Cn1cccn1. The third-order valence-corrected chi connectivity index (χ3v) is 4.90. The minimum Gasteiger partial charge on any atom is -0.342 e. The highest BCUT2D eigenvalue weighted by atomic mass is 16.2. The molecule has 1 N–H and O–H groups in total. The van der Waals surface area contributed by atoms with Crippen molar-refractivity contribution in [2.45, 2.75) is 44.7 Å². The summed E-state index contributed by atoms with van der Waals surface area (Å²) in [7, 11) is 0. The number of H-pyrrole nitrogens is 1. The van der Waals surface area contributed by atoms with Crippen LogP contribution in [0.5, 0.6) is 0 Å². The van der Waals surface area contributed by atoms with E-state index in [2.05, 4.69) is 15.1 Å². The van der Waals surface area contributed by atoms with Crippen LogP contribution in [0.4, 0.5) is 0 Å². The number of carbonyl (C=O) groups is 1. The number of aryl methyl sites for hydroxylation is 1. The van der Waals surface area contributed by atoms with Crippen molar-refractivity contribution in [2.75, 3.05) is 6.54 Å². The van der Waals surface area contributed by atoms with Gasteiger partial charge >= 0.3 is 0 Å². The Hall–Kier alpha value is -2.63. The van der Waals surface area contributed by atoms with E-state index in [1.807, 2.05) is 46.1 Å². The van der Waals surface area contributed by atoms with E-state index in [4.69, 9.17) is 0 Å². The van der Waals surface area contributed by atoms with Gasteiger partial charge < -0.3 is 9.88 Å². The minimum atomic E-state index is 0.255. The molecule has 1 atom stereocenters. The van der Waals surface area contributed by atoms with Crippen molar-refractivity contribution in [3.05, 3.63) is 48.5 Å². The topological polar surface area (TPSA) is 66.8 Å². The Labute approximate surface area is 146 Å². The number of aromatic nitrogens is 4. The summed E-state index contributed by atoms with van der Waals surface area (Å²) >= 11 is 0. The van der Waals surface area contributed by atoms with E-state index in [-0.39, 0.29) is 11.9 Å². The highest BCUT2D eigenvalue weighted by Gasteiger charge is 2.28. The molecule has 6 nitrogen and oxygen atoms in total. The first-order valence-electron chi connectivity index (χ1n) is 9.00. The van der Waals surface area contributed by atoms with Crippen molar-refractivity contribution in [1.82, 2.24) is 24.6 Å². The van der Waals surface area contributed by atoms with E-state index >= 15 is 0 Å².